The summed E-state index contributed by atoms with van der Waals surface area (Å²) in [7, 11) is 0. The lowest BCUT2D eigenvalue weighted by atomic mass is 10.3. The maximum atomic E-state index is 10.9. The van der Waals surface area contributed by atoms with Crippen LogP contribution in [0.1, 0.15) is 10.4 Å². The van der Waals surface area contributed by atoms with Gasteiger partial charge in [-0.25, -0.2) is 9.78 Å². The van der Waals surface area contributed by atoms with Crippen molar-refractivity contribution in [2.45, 2.75) is 0 Å². The predicted molar refractivity (Wildman–Crippen MR) is 58.6 cm³/mol. The average Bonchev–Trinajstić information content (AvgIpc) is 2.70. The van der Waals surface area contributed by atoms with Crippen LogP contribution in [0.3, 0.4) is 0 Å². The molecule has 0 unspecified atom stereocenters. The molecule has 0 amide bonds. The van der Waals surface area contributed by atoms with Crippen LogP contribution in [0.15, 0.2) is 31.1 Å². The van der Waals surface area contributed by atoms with Gasteiger partial charge in [0.05, 0.1) is 6.20 Å². The van der Waals surface area contributed by atoms with E-state index in [-0.39, 0.29) is 5.56 Å². The first-order valence-electron chi connectivity index (χ1n) is 4.65. The Morgan fingerprint density at radius 2 is 2.50 bits per heavy atom. The van der Waals surface area contributed by atoms with Gasteiger partial charge in [0, 0.05) is 12.7 Å². The number of hydrogen-bond acceptors (Lipinski definition) is 4. The molecule has 2 heterocycles. The maximum absolute atomic E-state index is 10.9. The molecule has 0 bridgehead atoms. The largest absolute Gasteiger partial charge is 0.477 e. The Bertz CT molecular complexity index is 547. The van der Waals surface area contributed by atoms with Gasteiger partial charge in [-0.1, -0.05) is 6.08 Å². The van der Waals surface area contributed by atoms with E-state index in [1.54, 1.807) is 12.1 Å². The van der Waals surface area contributed by atoms with Crippen LogP contribution in [-0.2, 0) is 0 Å². The predicted octanol–water partition coefficient (Wildman–Crippen LogP) is 1.03. The molecule has 0 fully saturated rings. The van der Waals surface area contributed by atoms with Gasteiger partial charge in [0.1, 0.15) is 11.4 Å². The SMILES string of the molecule is C=CCNc1ccnc2c(C(=O)O)cnn12. The van der Waals surface area contributed by atoms with Crippen LogP contribution in [0.4, 0.5) is 5.82 Å². The van der Waals surface area contributed by atoms with Crippen molar-refractivity contribution in [3.63, 3.8) is 0 Å². The first kappa shape index (κ1) is 10.2. The number of rotatable bonds is 4. The monoisotopic (exact) mass is 218 g/mol. The molecular formula is C10H10N4O2. The minimum atomic E-state index is -1.04. The van der Waals surface area contributed by atoms with E-state index in [4.69, 9.17) is 5.11 Å². The molecule has 0 aliphatic rings. The van der Waals surface area contributed by atoms with E-state index >= 15 is 0 Å². The average molecular weight is 218 g/mol. The molecule has 2 rings (SSSR count). The fourth-order valence-electron chi connectivity index (χ4n) is 1.35. The van der Waals surface area contributed by atoms with Gasteiger partial charge >= 0.3 is 5.97 Å². The van der Waals surface area contributed by atoms with Gasteiger partial charge in [0.15, 0.2) is 5.65 Å². The van der Waals surface area contributed by atoms with Crippen LogP contribution < -0.4 is 5.32 Å². The van der Waals surface area contributed by atoms with Crippen LogP contribution in [0.5, 0.6) is 0 Å². The summed E-state index contributed by atoms with van der Waals surface area (Å²) in [6, 6.07) is 1.72. The molecule has 0 aliphatic carbocycles. The van der Waals surface area contributed by atoms with Gasteiger partial charge in [0.25, 0.3) is 0 Å². The zero-order chi connectivity index (χ0) is 11.5. The molecule has 0 aromatic carbocycles. The summed E-state index contributed by atoms with van der Waals surface area (Å²) in [4.78, 5) is 14.9. The normalized spacial score (nSPS) is 10.2. The Kier molecular flexibility index (Phi) is 2.55. The van der Waals surface area contributed by atoms with E-state index in [0.29, 0.717) is 18.0 Å². The maximum Gasteiger partial charge on any atom is 0.341 e. The number of nitrogens with zero attached hydrogens (tertiary/aromatic N) is 3. The summed E-state index contributed by atoms with van der Waals surface area (Å²) in [5, 5.41) is 15.9. The molecule has 2 N–H and O–H groups in total. The van der Waals surface area contributed by atoms with E-state index in [0.717, 1.165) is 0 Å². The highest BCUT2D eigenvalue weighted by Crippen LogP contribution is 2.13. The van der Waals surface area contributed by atoms with E-state index < -0.39 is 5.97 Å². The molecule has 0 saturated carbocycles. The third-order valence-electron chi connectivity index (χ3n) is 2.06. The molecule has 2 aromatic rings. The molecular weight excluding hydrogens is 208 g/mol. The topological polar surface area (TPSA) is 79.5 Å². The van der Waals surface area contributed by atoms with Crippen molar-refractivity contribution in [2.24, 2.45) is 0 Å². The van der Waals surface area contributed by atoms with E-state index in [9.17, 15) is 4.79 Å². The van der Waals surface area contributed by atoms with Crippen molar-refractivity contribution in [2.75, 3.05) is 11.9 Å². The van der Waals surface area contributed by atoms with Crippen molar-refractivity contribution in [3.05, 3.63) is 36.7 Å². The second-order valence-electron chi connectivity index (χ2n) is 3.10. The molecule has 0 radical (unpaired) electrons. The summed E-state index contributed by atoms with van der Waals surface area (Å²) < 4.78 is 1.45. The number of carboxylic acids is 1. The van der Waals surface area contributed by atoms with Crippen LogP contribution in [0.2, 0.25) is 0 Å². The first-order chi connectivity index (χ1) is 7.74. The van der Waals surface area contributed by atoms with Gasteiger partial charge < -0.3 is 10.4 Å². The van der Waals surface area contributed by atoms with E-state index in [1.807, 2.05) is 0 Å². The van der Waals surface area contributed by atoms with Crippen LogP contribution in [0, 0.1) is 0 Å². The smallest absolute Gasteiger partial charge is 0.341 e. The third kappa shape index (κ3) is 1.60. The molecule has 16 heavy (non-hydrogen) atoms. The van der Waals surface area contributed by atoms with Crippen molar-refractivity contribution < 1.29 is 9.90 Å². The Hall–Kier alpha value is -2.37. The molecule has 6 heteroatoms. The fourth-order valence-corrected chi connectivity index (χ4v) is 1.35. The fraction of sp³-hybridized carbons (Fsp3) is 0.100. The van der Waals surface area contributed by atoms with Gasteiger partial charge in [-0.3, -0.25) is 0 Å². The molecule has 82 valence electrons. The zero-order valence-electron chi connectivity index (χ0n) is 8.42. The second-order valence-corrected chi connectivity index (χ2v) is 3.10. The van der Waals surface area contributed by atoms with E-state index in [2.05, 4.69) is 22.0 Å². The summed E-state index contributed by atoms with van der Waals surface area (Å²) in [6.07, 6.45) is 4.52. The van der Waals surface area contributed by atoms with Crippen molar-refractivity contribution >= 4 is 17.4 Å². The van der Waals surface area contributed by atoms with Gasteiger partial charge in [-0.15, -0.1) is 6.58 Å². The minimum Gasteiger partial charge on any atom is -0.477 e. The molecule has 0 aliphatic heterocycles. The number of carbonyl (C=O) groups is 1. The Balaban J connectivity index is 2.52. The van der Waals surface area contributed by atoms with Gasteiger partial charge in [-0.05, 0) is 6.07 Å². The summed E-state index contributed by atoms with van der Waals surface area (Å²) in [6.45, 7) is 4.16. The highest BCUT2D eigenvalue weighted by molar-refractivity contribution is 5.94. The van der Waals surface area contributed by atoms with Crippen molar-refractivity contribution in [1.29, 1.82) is 0 Å². The van der Waals surface area contributed by atoms with Crippen LogP contribution in [0.25, 0.3) is 5.65 Å². The van der Waals surface area contributed by atoms with Crippen LogP contribution >= 0.6 is 0 Å². The Morgan fingerprint density at radius 3 is 3.19 bits per heavy atom. The summed E-state index contributed by atoms with van der Waals surface area (Å²) in [5.41, 5.74) is 0.406. The molecule has 6 nitrogen and oxygen atoms in total. The van der Waals surface area contributed by atoms with E-state index in [1.165, 1.54) is 16.9 Å². The number of aromatic carboxylic acids is 1. The van der Waals surface area contributed by atoms with Gasteiger partial charge in [0.2, 0.25) is 0 Å². The zero-order valence-corrected chi connectivity index (χ0v) is 8.42. The minimum absolute atomic E-state index is 0.0854. The Labute approximate surface area is 91.2 Å². The van der Waals surface area contributed by atoms with Crippen molar-refractivity contribution in [3.8, 4) is 0 Å². The number of fused-ring (bicyclic) bond motifs is 1. The lowest BCUT2D eigenvalue weighted by Gasteiger charge is -2.04. The molecule has 0 saturated heterocycles. The number of carboxylic acid groups (broad SMARTS) is 1. The lowest BCUT2D eigenvalue weighted by Crippen LogP contribution is -2.05. The number of anilines is 1. The number of hydrogen-bond donors (Lipinski definition) is 2. The highest BCUT2D eigenvalue weighted by Gasteiger charge is 2.13. The quantitative estimate of drug-likeness (QED) is 0.749. The standard InChI is InChI=1S/C10H10N4O2/c1-2-4-11-8-3-5-12-9-7(10(15)16)6-13-14(8)9/h2-3,5-6,11H,1,4H2,(H,15,16). The van der Waals surface area contributed by atoms with Crippen LogP contribution in [-0.4, -0.2) is 32.2 Å². The number of aromatic nitrogens is 3. The Morgan fingerprint density at radius 1 is 1.69 bits per heavy atom. The number of nitrogens with one attached hydrogen (secondary N) is 1. The highest BCUT2D eigenvalue weighted by atomic mass is 16.4. The van der Waals surface area contributed by atoms with Gasteiger partial charge in [-0.2, -0.15) is 9.61 Å². The lowest BCUT2D eigenvalue weighted by molar-refractivity contribution is 0.0699. The molecule has 2 aromatic heterocycles. The third-order valence-corrected chi connectivity index (χ3v) is 2.06. The second kappa shape index (κ2) is 4.01. The molecule has 0 spiro atoms. The summed E-state index contributed by atoms with van der Waals surface area (Å²) >= 11 is 0. The van der Waals surface area contributed by atoms with Crippen molar-refractivity contribution in [1.82, 2.24) is 14.6 Å². The molecule has 0 atom stereocenters. The summed E-state index contributed by atoms with van der Waals surface area (Å²) in [5.74, 6) is -0.360. The first-order valence-corrected chi connectivity index (χ1v) is 4.65.